The number of anilines is 1. The van der Waals surface area contributed by atoms with E-state index in [-0.39, 0.29) is 17.6 Å². The second-order valence-corrected chi connectivity index (χ2v) is 5.07. The van der Waals surface area contributed by atoms with Gasteiger partial charge >= 0.3 is 0 Å². The Labute approximate surface area is 112 Å². The molecule has 1 aliphatic heterocycles. The average molecular weight is 259 g/mol. The van der Waals surface area contributed by atoms with Crippen molar-refractivity contribution < 1.29 is 14.3 Å². The lowest BCUT2D eigenvalue weighted by molar-refractivity contribution is -0.120. The van der Waals surface area contributed by atoms with Gasteiger partial charge in [0, 0.05) is 17.9 Å². The first kappa shape index (κ1) is 12.2. The van der Waals surface area contributed by atoms with E-state index in [1.807, 2.05) is 6.92 Å². The van der Waals surface area contributed by atoms with Gasteiger partial charge in [0.2, 0.25) is 5.91 Å². The number of rotatable bonds is 3. The summed E-state index contributed by atoms with van der Waals surface area (Å²) in [5, 5.41) is 0. The monoisotopic (exact) mass is 259 g/mol. The van der Waals surface area contributed by atoms with Crippen molar-refractivity contribution in [2.75, 3.05) is 18.1 Å². The first-order chi connectivity index (χ1) is 9.20. The van der Waals surface area contributed by atoms with Crippen LogP contribution in [0.4, 0.5) is 5.69 Å². The highest BCUT2D eigenvalue weighted by Crippen LogP contribution is 2.38. The van der Waals surface area contributed by atoms with Gasteiger partial charge in [0.25, 0.3) is 0 Å². The topological polar surface area (TPSA) is 46.6 Å². The Hall–Kier alpha value is -1.84. The van der Waals surface area contributed by atoms with Crippen molar-refractivity contribution in [1.29, 1.82) is 0 Å². The minimum atomic E-state index is 0.0900. The summed E-state index contributed by atoms with van der Waals surface area (Å²) in [5.74, 6) is 1.14. The van der Waals surface area contributed by atoms with Gasteiger partial charge in [0.05, 0.1) is 12.2 Å². The van der Waals surface area contributed by atoms with Crippen LogP contribution in [0.3, 0.4) is 0 Å². The Balaban J connectivity index is 1.96. The summed E-state index contributed by atoms with van der Waals surface area (Å²) in [6.07, 6.45) is 2.44. The third-order valence-corrected chi connectivity index (χ3v) is 3.66. The first-order valence-corrected chi connectivity index (χ1v) is 6.82. The second kappa shape index (κ2) is 4.68. The maximum atomic E-state index is 12.3. The summed E-state index contributed by atoms with van der Waals surface area (Å²) in [6, 6.07) is 5.36. The maximum absolute atomic E-state index is 12.3. The zero-order valence-corrected chi connectivity index (χ0v) is 11.0. The minimum absolute atomic E-state index is 0.0900. The Kier molecular flexibility index (Phi) is 3.01. The fraction of sp³-hybridized carbons (Fsp3) is 0.467. The molecule has 0 radical (unpaired) electrons. The van der Waals surface area contributed by atoms with E-state index in [4.69, 9.17) is 4.74 Å². The van der Waals surface area contributed by atoms with E-state index >= 15 is 0 Å². The number of amides is 1. The van der Waals surface area contributed by atoms with E-state index in [1.165, 1.54) is 0 Å². The lowest BCUT2D eigenvalue weighted by atomic mass is 10.1. The lowest BCUT2D eigenvalue weighted by Crippen LogP contribution is -2.39. The number of Topliss-reactive ketones (excluding diaryl/α,β-unsaturated/α-hetero) is 1. The van der Waals surface area contributed by atoms with Crippen LogP contribution in [0, 0.1) is 5.92 Å². The molecule has 1 heterocycles. The van der Waals surface area contributed by atoms with Crippen LogP contribution >= 0.6 is 0 Å². The predicted molar refractivity (Wildman–Crippen MR) is 71.6 cm³/mol. The van der Waals surface area contributed by atoms with Crippen LogP contribution in [0.15, 0.2) is 18.2 Å². The lowest BCUT2D eigenvalue weighted by Gasteiger charge is -2.30. The maximum Gasteiger partial charge on any atom is 0.230 e. The number of carbonyl (C=O) groups is 2. The van der Waals surface area contributed by atoms with Crippen molar-refractivity contribution in [2.24, 2.45) is 5.92 Å². The molecule has 0 atom stereocenters. The summed E-state index contributed by atoms with van der Waals surface area (Å²) in [5.41, 5.74) is 1.41. The zero-order valence-electron chi connectivity index (χ0n) is 11.0. The third-order valence-electron chi connectivity index (χ3n) is 3.66. The number of hydrogen-bond acceptors (Lipinski definition) is 3. The van der Waals surface area contributed by atoms with Gasteiger partial charge in [-0.1, -0.05) is 6.92 Å². The van der Waals surface area contributed by atoms with Crippen molar-refractivity contribution in [1.82, 2.24) is 0 Å². The molecule has 1 fully saturated rings. The molecular weight excluding hydrogens is 242 g/mol. The zero-order chi connectivity index (χ0) is 13.4. The first-order valence-electron chi connectivity index (χ1n) is 6.82. The highest BCUT2D eigenvalue weighted by Gasteiger charge is 2.36. The van der Waals surface area contributed by atoms with Gasteiger partial charge in [0.1, 0.15) is 12.4 Å². The van der Waals surface area contributed by atoms with Crippen molar-refractivity contribution in [3.63, 3.8) is 0 Å². The molecule has 0 spiro atoms. The molecule has 1 aliphatic carbocycles. The molecule has 4 nitrogen and oxygen atoms in total. The summed E-state index contributed by atoms with van der Waals surface area (Å²) in [4.78, 5) is 25.8. The van der Waals surface area contributed by atoms with Gasteiger partial charge in [-0.05, 0) is 31.0 Å². The van der Waals surface area contributed by atoms with Crippen LogP contribution < -0.4 is 9.64 Å². The molecule has 3 rings (SSSR count). The molecule has 1 amide bonds. The molecule has 0 saturated heterocycles. The fourth-order valence-corrected chi connectivity index (χ4v) is 2.37. The average Bonchev–Trinajstić information content (AvgIpc) is 3.29. The predicted octanol–water partition coefficient (Wildman–Crippen LogP) is 2.41. The van der Waals surface area contributed by atoms with E-state index in [1.54, 1.807) is 23.1 Å². The van der Waals surface area contributed by atoms with Crippen molar-refractivity contribution in [3.8, 4) is 5.75 Å². The van der Waals surface area contributed by atoms with Crippen molar-refractivity contribution in [2.45, 2.75) is 26.2 Å². The minimum Gasteiger partial charge on any atom is -0.490 e. The summed E-state index contributed by atoms with van der Waals surface area (Å²) in [7, 11) is 0. The Morgan fingerprint density at radius 3 is 2.84 bits per heavy atom. The summed E-state index contributed by atoms with van der Waals surface area (Å²) < 4.78 is 5.57. The molecule has 0 unspecified atom stereocenters. The number of fused-ring (bicyclic) bond motifs is 1. The number of nitrogens with zero attached hydrogens (tertiary/aromatic N) is 1. The van der Waals surface area contributed by atoms with Gasteiger partial charge in [0.15, 0.2) is 5.78 Å². The van der Waals surface area contributed by atoms with Crippen LogP contribution in [0.25, 0.3) is 0 Å². The van der Waals surface area contributed by atoms with Crippen molar-refractivity contribution in [3.05, 3.63) is 23.8 Å². The van der Waals surface area contributed by atoms with Crippen LogP contribution in [-0.2, 0) is 4.79 Å². The van der Waals surface area contributed by atoms with Crippen LogP contribution in [0.5, 0.6) is 5.75 Å². The summed E-state index contributed by atoms with van der Waals surface area (Å²) in [6.45, 7) is 2.93. The highest BCUT2D eigenvalue weighted by molar-refractivity contribution is 6.01. The molecule has 4 heteroatoms. The Morgan fingerprint density at radius 2 is 2.16 bits per heavy atom. The molecule has 0 aromatic heterocycles. The van der Waals surface area contributed by atoms with Gasteiger partial charge in [-0.2, -0.15) is 0 Å². The number of ketones is 1. The fourth-order valence-electron chi connectivity index (χ4n) is 2.37. The Morgan fingerprint density at radius 1 is 1.37 bits per heavy atom. The third kappa shape index (κ3) is 2.23. The normalized spacial score (nSPS) is 17.6. The molecule has 0 N–H and O–H groups in total. The number of carbonyl (C=O) groups excluding carboxylic acids is 2. The van der Waals surface area contributed by atoms with Crippen molar-refractivity contribution >= 4 is 17.4 Å². The molecule has 100 valence electrons. The standard InChI is InChI=1S/C15H17NO3/c1-2-13(17)11-5-6-14-12(9-11)16(7-8-19-14)15(18)10-3-4-10/h5-6,9-10H,2-4,7-8H2,1H3. The second-order valence-electron chi connectivity index (χ2n) is 5.07. The molecular formula is C15H17NO3. The molecule has 19 heavy (non-hydrogen) atoms. The van der Waals surface area contributed by atoms with E-state index in [0.29, 0.717) is 30.9 Å². The van der Waals surface area contributed by atoms with Crippen LogP contribution in [-0.4, -0.2) is 24.8 Å². The van der Waals surface area contributed by atoms with E-state index < -0.39 is 0 Å². The summed E-state index contributed by atoms with van der Waals surface area (Å²) >= 11 is 0. The molecule has 1 aromatic carbocycles. The van der Waals surface area contributed by atoms with Crippen LogP contribution in [0.2, 0.25) is 0 Å². The van der Waals surface area contributed by atoms with E-state index in [9.17, 15) is 9.59 Å². The molecule has 2 aliphatic rings. The van der Waals surface area contributed by atoms with Gasteiger partial charge < -0.3 is 9.64 Å². The Bertz CT molecular complexity index is 534. The van der Waals surface area contributed by atoms with Gasteiger partial charge in [-0.15, -0.1) is 0 Å². The molecule has 1 saturated carbocycles. The SMILES string of the molecule is CCC(=O)c1ccc2c(c1)N(C(=O)C1CC1)CCO2. The number of hydrogen-bond donors (Lipinski definition) is 0. The number of ether oxygens (including phenoxy) is 1. The van der Waals surface area contributed by atoms with Gasteiger partial charge in [-0.3, -0.25) is 9.59 Å². The molecule has 1 aromatic rings. The van der Waals surface area contributed by atoms with Gasteiger partial charge in [-0.25, -0.2) is 0 Å². The quantitative estimate of drug-likeness (QED) is 0.783. The largest absolute Gasteiger partial charge is 0.490 e. The molecule has 0 bridgehead atoms. The van der Waals surface area contributed by atoms with E-state index in [0.717, 1.165) is 18.5 Å². The smallest absolute Gasteiger partial charge is 0.230 e. The van der Waals surface area contributed by atoms with Crippen LogP contribution in [0.1, 0.15) is 36.5 Å². The van der Waals surface area contributed by atoms with E-state index in [2.05, 4.69) is 0 Å². The highest BCUT2D eigenvalue weighted by atomic mass is 16.5. The number of benzene rings is 1.